The van der Waals surface area contributed by atoms with E-state index in [1.165, 1.54) is 6.92 Å². The lowest BCUT2D eigenvalue weighted by Crippen LogP contribution is -2.54. The molecule has 1 heterocycles. The molecule has 1 aromatic rings. The van der Waals surface area contributed by atoms with Crippen LogP contribution in [0.3, 0.4) is 0 Å². The van der Waals surface area contributed by atoms with Crippen molar-refractivity contribution < 1.29 is 9.59 Å². The molecule has 0 spiro atoms. The number of carbonyl (C=O) groups is 2. The molecule has 0 radical (unpaired) electrons. The Morgan fingerprint density at radius 3 is 2.57 bits per heavy atom. The van der Waals surface area contributed by atoms with Crippen LogP contribution in [0.1, 0.15) is 38.7 Å². The second-order valence-corrected chi connectivity index (χ2v) is 5.88. The first-order valence-corrected chi connectivity index (χ1v) is 7.35. The predicted molar refractivity (Wildman–Crippen MR) is 84.4 cm³/mol. The van der Waals surface area contributed by atoms with E-state index in [9.17, 15) is 9.59 Å². The fraction of sp³-hybridized carbons (Fsp3) is 0.500. The van der Waals surface area contributed by atoms with Gasteiger partial charge < -0.3 is 16.0 Å². The van der Waals surface area contributed by atoms with Crippen LogP contribution in [0.25, 0.3) is 0 Å². The summed E-state index contributed by atoms with van der Waals surface area (Å²) >= 11 is 0. The molecule has 1 saturated heterocycles. The van der Waals surface area contributed by atoms with Gasteiger partial charge in [-0.25, -0.2) is 0 Å². The van der Waals surface area contributed by atoms with E-state index in [1.54, 1.807) is 0 Å². The van der Waals surface area contributed by atoms with Gasteiger partial charge in [0.05, 0.1) is 5.54 Å². The van der Waals surface area contributed by atoms with Gasteiger partial charge in [0.2, 0.25) is 11.8 Å². The molecule has 114 valence electrons. The Bertz CT molecular complexity index is 548. The zero-order chi connectivity index (χ0) is 15.5. The van der Waals surface area contributed by atoms with Crippen molar-refractivity contribution in [3.63, 3.8) is 0 Å². The van der Waals surface area contributed by atoms with Crippen LogP contribution in [0, 0.1) is 6.92 Å². The van der Waals surface area contributed by atoms with E-state index in [0.717, 1.165) is 42.7 Å². The molecule has 5 nitrogen and oxygen atoms in total. The van der Waals surface area contributed by atoms with Gasteiger partial charge in [-0.1, -0.05) is 0 Å². The maximum atomic E-state index is 12.4. The van der Waals surface area contributed by atoms with Gasteiger partial charge in [0, 0.05) is 18.3 Å². The Labute approximate surface area is 125 Å². The Morgan fingerprint density at radius 2 is 2.00 bits per heavy atom. The summed E-state index contributed by atoms with van der Waals surface area (Å²) in [4.78, 5) is 23.5. The maximum absolute atomic E-state index is 12.4. The van der Waals surface area contributed by atoms with Gasteiger partial charge in [-0.2, -0.15) is 0 Å². The Kier molecular flexibility index (Phi) is 4.63. The van der Waals surface area contributed by atoms with E-state index in [-0.39, 0.29) is 11.8 Å². The molecule has 2 rings (SSSR count). The summed E-state index contributed by atoms with van der Waals surface area (Å²) in [7, 11) is 0. The van der Waals surface area contributed by atoms with Crippen LogP contribution >= 0.6 is 0 Å². The van der Waals surface area contributed by atoms with Gasteiger partial charge in [-0.15, -0.1) is 0 Å². The highest BCUT2D eigenvalue weighted by atomic mass is 16.2. The number of aryl methyl sites for hydroxylation is 1. The van der Waals surface area contributed by atoms with Crippen molar-refractivity contribution in [2.24, 2.45) is 0 Å². The number of benzene rings is 1. The maximum Gasteiger partial charge on any atom is 0.244 e. The molecule has 1 fully saturated rings. The first-order chi connectivity index (χ1) is 9.90. The van der Waals surface area contributed by atoms with Gasteiger partial charge in [-0.05, 0) is 63.4 Å². The van der Waals surface area contributed by atoms with Crippen LogP contribution in [0.2, 0.25) is 0 Å². The highest BCUT2D eigenvalue weighted by Gasteiger charge is 2.34. The zero-order valence-corrected chi connectivity index (χ0v) is 12.9. The van der Waals surface area contributed by atoms with Crippen molar-refractivity contribution >= 4 is 23.2 Å². The molecule has 0 saturated carbocycles. The summed E-state index contributed by atoms with van der Waals surface area (Å²) in [5.74, 6) is -0.109. The largest absolute Gasteiger partial charge is 0.326 e. The highest BCUT2D eigenvalue weighted by Crippen LogP contribution is 2.23. The molecule has 21 heavy (non-hydrogen) atoms. The Balaban J connectivity index is 2.07. The van der Waals surface area contributed by atoms with E-state index in [0.29, 0.717) is 0 Å². The molecule has 0 aliphatic carbocycles. The second-order valence-electron chi connectivity index (χ2n) is 5.88. The van der Waals surface area contributed by atoms with Gasteiger partial charge in [0.25, 0.3) is 0 Å². The van der Waals surface area contributed by atoms with Crippen LogP contribution in [0.5, 0.6) is 0 Å². The lowest BCUT2D eigenvalue weighted by Gasteiger charge is -2.33. The van der Waals surface area contributed by atoms with E-state index in [4.69, 9.17) is 0 Å². The summed E-state index contributed by atoms with van der Waals surface area (Å²) in [6.45, 7) is 6.21. The summed E-state index contributed by atoms with van der Waals surface area (Å²) in [6.07, 6.45) is 3.03. The van der Waals surface area contributed by atoms with Crippen molar-refractivity contribution in [2.45, 2.75) is 45.6 Å². The summed E-state index contributed by atoms with van der Waals surface area (Å²) < 4.78 is 0. The molecular formula is C16H23N3O2. The number of carbonyl (C=O) groups excluding carboxylic acids is 2. The van der Waals surface area contributed by atoms with Crippen LogP contribution in [0.4, 0.5) is 11.4 Å². The fourth-order valence-corrected chi connectivity index (χ4v) is 2.59. The highest BCUT2D eigenvalue weighted by molar-refractivity contribution is 5.98. The average Bonchev–Trinajstić information content (AvgIpc) is 2.42. The number of hydrogen-bond donors (Lipinski definition) is 3. The number of nitrogens with one attached hydrogen (secondary N) is 3. The Morgan fingerprint density at radius 1 is 1.24 bits per heavy atom. The smallest absolute Gasteiger partial charge is 0.244 e. The molecule has 1 aliphatic heterocycles. The molecule has 2 amide bonds. The number of hydrogen-bond acceptors (Lipinski definition) is 3. The molecule has 3 N–H and O–H groups in total. The minimum Gasteiger partial charge on any atom is -0.326 e. The standard InChI is InChI=1S/C16H23N3O2/c1-11-10-13(6-7-14(11)18-12(2)20)19-15(21)16(3)8-4-5-9-17-16/h6-7,10,17H,4-5,8-9H2,1-3H3,(H,18,20)(H,19,21). The van der Waals surface area contributed by atoms with Crippen molar-refractivity contribution in [1.29, 1.82) is 0 Å². The topological polar surface area (TPSA) is 70.2 Å². The third-order valence-electron chi connectivity index (χ3n) is 3.91. The van der Waals surface area contributed by atoms with Gasteiger partial charge in [0.15, 0.2) is 0 Å². The predicted octanol–water partition coefficient (Wildman–Crippen LogP) is 2.42. The molecule has 1 atom stereocenters. The number of anilines is 2. The SMILES string of the molecule is CC(=O)Nc1ccc(NC(=O)C2(C)CCCCN2)cc1C. The first kappa shape index (κ1) is 15.5. The normalized spacial score (nSPS) is 21.7. The monoisotopic (exact) mass is 289 g/mol. The van der Waals surface area contributed by atoms with Gasteiger partial charge >= 0.3 is 0 Å². The van der Waals surface area contributed by atoms with E-state index < -0.39 is 5.54 Å². The van der Waals surface area contributed by atoms with Gasteiger partial charge in [-0.3, -0.25) is 9.59 Å². The zero-order valence-electron chi connectivity index (χ0n) is 12.9. The summed E-state index contributed by atoms with van der Waals surface area (Å²) in [5.41, 5.74) is 1.94. The summed E-state index contributed by atoms with van der Waals surface area (Å²) in [5, 5.41) is 9.02. The van der Waals surface area contributed by atoms with Crippen molar-refractivity contribution in [3.05, 3.63) is 23.8 Å². The lowest BCUT2D eigenvalue weighted by atomic mass is 9.90. The first-order valence-electron chi connectivity index (χ1n) is 7.35. The van der Waals surface area contributed by atoms with Gasteiger partial charge in [0.1, 0.15) is 0 Å². The molecule has 0 aromatic heterocycles. The summed E-state index contributed by atoms with van der Waals surface area (Å²) in [6, 6.07) is 5.49. The van der Waals surface area contributed by atoms with Crippen molar-refractivity contribution in [1.82, 2.24) is 5.32 Å². The average molecular weight is 289 g/mol. The van der Waals surface area contributed by atoms with Crippen LogP contribution in [-0.2, 0) is 9.59 Å². The lowest BCUT2D eigenvalue weighted by molar-refractivity contribution is -0.122. The quantitative estimate of drug-likeness (QED) is 0.800. The fourth-order valence-electron chi connectivity index (χ4n) is 2.59. The molecule has 1 unspecified atom stereocenters. The Hall–Kier alpha value is -1.88. The minimum atomic E-state index is -0.498. The number of rotatable bonds is 3. The van der Waals surface area contributed by atoms with Crippen LogP contribution in [-0.4, -0.2) is 23.9 Å². The molecular weight excluding hydrogens is 266 g/mol. The van der Waals surface area contributed by atoms with E-state index >= 15 is 0 Å². The molecule has 0 bridgehead atoms. The third-order valence-corrected chi connectivity index (χ3v) is 3.91. The van der Waals surface area contributed by atoms with Crippen LogP contribution in [0.15, 0.2) is 18.2 Å². The van der Waals surface area contributed by atoms with Crippen molar-refractivity contribution in [3.8, 4) is 0 Å². The molecule has 5 heteroatoms. The minimum absolute atomic E-state index is 0.00567. The number of amides is 2. The van der Waals surface area contributed by atoms with E-state index in [1.807, 2.05) is 32.0 Å². The van der Waals surface area contributed by atoms with E-state index in [2.05, 4.69) is 16.0 Å². The number of piperidine rings is 1. The third kappa shape index (κ3) is 3.82. The van der Waals surface area contributed by atoms with Crippen molar-refractivity contribution in [2.75, 3.05) is 17.2 Å². The van der Waals surface area contributed by atoms with Crippen LogP contribution < -0.4 is 16.0 Å². The molecule has 1 aliphatic rings. The second kappa shape index (κ2) is 6.26. The molecule has 1 aromatic carbocycles.